The fraction of sp³-hybridized carbons (Fsp3) is 0.312. The number of amides is 1. The highest BCUT2D eigenvalue weighted by Gasteiger charge is 2.24. The predicted octanol–water partition coefficient (Wildman–Crippen LogP) is 3.63. The van der Waals surface area contributed by atoms with Crippen molar-refractivity contribution in [3.63, 3.8) is 0 Å². The highest BCUT2D eigenvalue weighted by molar-refractivity contribution is 7.13. The number of nitro benzene ring substituents is 1. The van der Waals surface area contributed by atoms with Gasteiger partial charge in [0.05, 0.1) is 10.4 Å². The van der Waals surface area contributed by atoms with Gasteiger partial charge in [0, 0.05) is 35.3 Å². The molecule has 0 aliphatic carbocycles. The molecule has 3 rings (SSSR count). The first-order valence-electron chi connectivity index (χ1n) is 7.77. The van der Waals surface area contributed by atoms with Crippen molar-refractivity contribution in [2.75, 3.05) is 5.32 Å². The smallest absolute Gasteiger partial charge is 0.271 e. The Kier molecular flexibility index (Phi) is 4.75. The molecule has 1 aromatic carbocycles. The van der Waals surface area contributed by atoms with Crippen LogP contribution in [0.2, 0.25) is 0 Å². The Hall–Kier alpha value is -2.81. The number of thiazole rings is 1. The van der Waals surface area contributed by atoms with Gasteiger partial charge in [0.2, 0.25) is 0 Å². The van der Waals surface area contributed by atoms with Gasteiger partial charge in [-0.25, -0.2) is 4.98 Å². The molecule has 0 fully saturated rings. The summed E-state index contributed by atoms with van der Waals surface area (Å²) in [6, 6.07) is 3.97. The van der Waals surface area contributed by atoms with Gasteiger partial charge in [-0.2, -0.15) is 5.10 Å². The molecule has 2 aromatic heterocycles. The molecule has 0 saturated heterocycles. The molecule has 0 saturated carbocycles. The number of nitrogens with one attached hydrogen (secondary N) is 1. The Bertz CT molecular complexity index is 904. The average Bonchev–Trinajstić information content (AvgIpc) is 3.20. The molecule has 3 aromatic rings. The number of carbonyl (C=O) groups is 1. The number of aromatic nitrogens is 3. The van der Waals surface area contributed by atoms with Gasteiger partial charge in [0.25, 0.3) is 11.6 Å². The summed E-state index contributed by atoms with van der Waals surface area (Å²) in [5.41, 5.74) is 0.468. The van der Waals surface area contributed by atoms with E-state index >= 15 is 0 Å². The SMILES string of the molecule is CC(C)CC(C(=O)Nc1nccs1)n1cc2ccc([N+](=O)[O-])cc2n1. The number of hydrogen-bond donors (Lipinski definition) is 1. The lowest BCUT2D eigenvalue weighted by Gasteiger charge is -2.18. The second kappa shape index (κ2) is 6.98. The fourth-order valence-corrected chi connectivity index (χ4v) is 3.08. The van der Waals surface area contributed by atoms with Gasteiger partial charge in [-0.05, 0) is 18.4 Å². The standard InChI is InChI=1S/C16H17N5O3S/c1-10(2)7-14(15(22)18-16-17-5-6-25-16)20-9-11-3-4-12(21(23)24)8-13(11)19-20/h3-6,8-10,14H,7H2,1-2H3,(H,17,18,22). The van der Waals surface area contributed by atoms with E-state index in [1.165, 1.54) is 23.5 Å². The molecule has 25 heavy (non-hydrogen) atoms. The molecule has 0 spiro atoms. The van der Waals surface area contributed by atoms with Crippen molar-refractivity contribution in [1.82, 2.24) is 14.8 Å². The lowest BCUT2D eigenvalue weighted by Crippen LogP contribution is -2.27. The maximum atomic E-state index is 12.7. The van der Waals surface area contributed by atoms with Crippen LogP contribution in [0.25, 0.3) is 10.9 Å². The summed E-state index contributed by atoms with van der Waals surface area (Å²) in [4.78, 5) is 27.2. The lowest BCUT2D eigenvalue weighted by atomic mass is 10.0. The van der Waals surface area contributed by atoms with E-state index in [1.54, 1.807) is 28.5 Å². The molecule has 0 radical (unpaired) electrons. The summed E-state index contributed by atoms with van der Waals surface area (Å²) < 4.78 is 1.58. The van der Waals surface area contributed by atoms with Crippen LogP contribution in [0.4, 0.5) is 10.8 Å². The Morgan fingerprint density at radius 3 is 2.88 bits per heavy atom. The molecule has 130 valence electrons. The van der Waals surface area contributed by atoms with Crippen molar-refractivity contribution in [3.8, 4) is 0 Å². The maximum Gasteiger partial charge on any atom is 0.271 e. The van der Waals surface area contributed by atoms with E-state index in [9.17, 15) is 14.9 Å². The summed E-state index contributed by atoms with van der Waals surface area (Å²) in [5.74, 6) is 0.0691. The number of rotatable bonds is 6. The second-order valence-corrected chi connectivity index (χ2v) is 6.98. The molecule has 1 unspecified atom stereocenters. The van der Waals surface area contributed by atoms with Gasteiger partial charge in [-0.15, -0.1) is 11.3 Å². The minimum Gasteiger partial charge on any atom is -0.300 e. The summed E-state index contributed by atoms with van der Waals surface area (Å²) in [6.45, 7) is 4.05. The molecule has 0 aliphatic rings. The summed E-state index contributed by atoms with van der Waals surface area (Å²) in [5, 5.41) is 21.2. The summed E-state index contributed by atoms with van der Waals surface area (Å²) >= 11 is 1.35. The van der Waals surface area contributed by atoms with Gasteiger partial charge in [-0.3, -0.25) is 19.6 Å². The van der Waals surface area contributed by atoms with Gasteiger partial charge in [0.15, 0.2) is 5.13 Å². The minimum absolute atomic E-state index is 0.0228. The van der Waals surface area contributed by atoms with Crippen LogP contribution < -0.4 is 5.32 Å². The van der Waals surface area contributed by atoms with Crippen LogP contribution in [-0.2, 0) is 4.79 Å². The van der Waals surface area contributed by atoms with Gasteiger partial charge < -0.3 is 5.32 Å². The molecule has 1 amide bonds. The summed E-state index contributed by atoms with van der Waals surface area (Å²) in [7, 11) is 0. The third-order valence-corrected chi connectivity index (χ3v) is 4.39. The van der Waals surface area contributed by atoms with Crippen molar-refractivity contribution in [3.05, 3.63) is 46.1 Å². The molecular weight excluding hydrogens is 342 g/mol. The third-order valence-electron chi connectivity index (χ3n) is 3.70. The van der Waals surface area contributed by atoms with Crippen LogP contribution in [-0.4, -0.2) is 25.6 Å². The highest BCUT2D eigenvalue weighted by Crippen LogP contribution is 2.25. The number of benzene rings is 1. The molecule has 1 atom stereocenters. The van der Waals surface area contributed by atoms with Gasteiger partial charge in [0.1, 0.15) is 6.04 Å². The number of carbonyl (C=O) groups excluding carboxylic acids is 1. The van der Waals surface area contributed by atoms with Gasteiger partial charge >= 0.3 is 0 Å². The van der Waals surface area contributed by atoms with Crippen LogP contribution in [0.5, 0.6) is 0 Å². The quantitative estimate of drug-likeness (QED) is 0.535. The zero-order chi connectivity index (χ0) is 18.0. The summed E-state index contributed by atoms with van der Waals surface area (Å²) in [6.07, 6.45) is 3.96. The Balaban J connectivity index is 1.93. The van der Waals surface area contributed by atoms with Crippen LogP contribution in [0, 0.1) is 16.0 Å². The zero-order valence-electron chi connectivity index (χ0n) is 13.7. The Labute approximate surface area is 147 Å². The van der Waals surface area contributed by atoms with E-state index in [1.807, 2.05) is 13.8 Å². The van der Waals surface area contributed by atoms with Crippen LogP contribution >= 0.6 is 11.3 Å². The first-order chi connectivity index (χ1) is 11.9. The first kappa shape index (κ1) is 17.0. The number of nitro groups is 1. The topological polar surface area (TPSA) is 103 Å². The Morgan fingerprint density at radius 2 is 2.24 bits per heavy atom. The van der Waals surface area contributed by atoms with Crippen molar-refractivity contribution in [2.24, 2.45) is 5.92 Å². The number of anilines is 1. The van der Waals surface area contributed by atoms with Crippen molar-refractivity contribution in [2.45, 2.75) is 26.3 Å². The number of fused-ring (bicyclic) bond motifs is 1. The zero-order valence-corrected chi connectivity index (χ0v) is 14.6. The van der Waals surface area contributed by atoms with Crippen molar-refractivity contribution < 1.29 is 9.72 Å². The molecular formula is C16H17N5O3S. The van der Waals surface area contributed by atoms with Gasteiger partial charge in [-0.1, -0.05) is 13.8 Å². The van der Waals surface area contributed by atoms with E-state index in [0.29, 0.717) is 17.1 Å². The molecule has 8 nitrogen and oxygen atoms in total. The largest absolute Gasteiger partial charge is 0.300 e. The highest BCUT2D eigenvalue weighted by atomic mass is 32.1. The Morgan fingerprint density at radius 1 is 1.44 bits per heavy atom. The number of non-ortho nitro benzene ring substituents is 1. The third kappa shape index (κ3) is 3.82. The van der Waals surface area contributed by atoms with E-state index < -0.39 is 11.0 Å². The van der Waals surface area contributed by atoms with E-state index in [0.717, 1.165) is 5.39 Å². The molecule has 9 heteroatoms. The van der Waals surface area contributed by atoms with Crippen molar-refractivity contribution >= 4 is 39.0 Å². The van der Waals surface area contributed by atoms with Crippen LogP contribution in [0.3, 0.4) is 0 Å². The van der Waals surface area contributed by atoms with E-state index in [4.69, 9.17) is 0 Å². The van der Waals surface area contributed by atoms with Crippen LogP contribution in [0.1, 0.15) is 26.3 Å². The molecule has 0 aliphatic heterocycles. The maximum absolute atomic E-state index is 12.7. The minimum atomic E-state index is -0.518. The predicted molar refractivity (Wildman–Crippen MR) is 95.6 cm³/mol. The van der Waals surface area contributed by atoms with Crippen LogP contribution in [0.15, 0.2) is 36.0 Å². The molecule has 2 heterocycles. The monoisotopic (exact) mass is 359 g/mol. The lowest BCUT2D eigenvalue weighted by molar-refractivity contribution is -0.384. The van der Waals surface area contributed by atoms with Crippen molar-refractivity contribution in [1.29, 1.82) is 0 Å². The molecule has 0 bridgehead atoms. The van der Waals surface area contributed by atoms with E-state index in [2.05, 4.69) is 15.4 Å². The fourth-order valence-electron chi connectivity index (χ4n) is 2.55. The molecule has 1 N–H and O–H groups in total. The number of nitrogens with zero attached hydrogens (tertiary/aromatic N) is 4. The number of hydrogen-bond acceptors (Lipinski definition) is 6. The van der Waals surface area contributed by atoms with E-state index in [-0.39, 0.29) is 17.5 Å². The second-order valence-electron chi connectivity index (χ2n) is 6.08. The first-order valence-corrected chi connectivity index (χ1v) is 8.65. The normalized spacial score (nSPS) is 12.4. The average molecular weight is 359 g/mol.